The molecule has 0 aliphatic carbocycles. The summed E-state index contributed by atoms with van der Waals surface area (Å²) in [6.07, 6.45) is 1.75. The summed E-state index contributed by atoms with van der Waals surface area (Å²) in [5.74, 6) is 2.14. The highest BCUT2D eigenvalue weighted by molar-refractivity contribution is 6.62. The highest BCUT2D eigenvalue weighted by Crippen LogP contribution is 2.36. The van der Waals surface area contributed by atoms with Crippen molar-refractivity contribution in [1.82, 2.24) is 15.1 Å². The number of piperazine rings is 1. The normalized spacial score (nSPS) is 20.4. The van der Waals surface area contributed by atoms with Crippen molar-refractivity contribution < 1.29 is 13.8 Å². The van der Waals surface area contributed by atoms with Crippen LogP contribution in [0.4, 0.5) is 11.8 Å². The van der Waals surface area contributed by atoms with Crippen LogP contribution in [-0.4, -0.2) is 59.6 Å². The van der Waals surface area contributed by atoms with Gasteiger partial charge in [-0.05, 0) is 38.9 Å². The second-order valence-corrected chi connectivity index (χ2v) is 9.40. The van der Waals surface area contributed by atoms with Crippen LogP contribution in [0, 0.1) is 11.3 Å². The van der Waals surface area contributed by atoms with Gasteiger partial charge in [0.15, 0.2) is 0 Å². The predicted octanol–water partition coefficient (Wildman–Crippen LogP) is 2.09. The average Bonchev–Trinajstić information content (AvgIpc) is 3.30. The van der Waals surface area contributed by atoms with E-state index in [-0.39, 0.29) is 5.92 Å². The molecule has 2 saturated heterocycles. The highest BCUT2D eigenvalue weighted by atomic mass is 16.7. The molecule has 164 valence electrons. The monoisotopic (exact) mass is 424 g/mol. The molecular weight excluding hydrogens is 395 g/mol. The van der Waals surface area contributed by atoms with Crippen LogP contribution < -0.4 is 15.3 Å². The fourth-order valence-corrected chi connectivity index (χ4v) is 3.62. The lowest BCUT2D eigenvalue weighted by Gasteiger charge is -2.35. The molecule has 2 fully saturated rings. The SMILES string of the molecule is CC(C)c1nc(N2CCN(c3ncc(B4OC(C)(C)C(C)(C)O4)cc3C#N)CC2)no1. The van der Waals surface area contributed by atoms with E-state index in [1.165, 1.54) is 0 Å². The van der Waals surface area contributed by atoms with Crippen molar-refractivity contribution in [2.45, 2.75) is 58.7 Å². The van der Waals surface area contributed by atoms with Gasteiger partial charge in [-0.3, -0.25) is 0 Å². The van der Waals surface area contributed by atoms with Gasteiger partial charge >= 0.3 is 7.12 Å². The molecule has 0 unspecified atom stereocenters. The van der Waals surface area contributed by atoms with E-state index in [9.17, 15) is 5.26 Å². The maximum Gasteiger partial charge on any atom is 0.496 e. The van der Waals surface area contributed by atoms with Crippen LogP contribution >= 0.6 is 0 Å². The van der Waals surface area contributed by atoms with E-state index in [2.05, 4.69) is 31.0 Å². The first-order chi connectivity index (χ1) is 14.6. The van der Waals surface area contributed by atoms with Crippen molar-refractivity contribution in [3.8, 4) is 6.07 Å². The third-order valence-electron chi connectivity index (χ3n) is 6.32. The summed E-state index contributed by atoms with van der Waals surface area (Å²) in [5.41, 5.74) is 0.390. The third kappa shape index (κ3) is 4.00. The summed E-state index contributed by atoms with van der Waals surface area (Å²) < 4.78 is 17.5. The predicted molar refractivity (Wildman–Crippen MR) is 117 cm³/mol. The maximum atomic E-state index is 9.77. The summed E-state index contributed by atoms with van der Waals surface area (Å²) >= 11 is 0. The Morgan fingerprint density at radius 3 is 2.23 bits per heavy atom. The topological polar surface area (TPSA) is 101 Å². The molecule has 4 heterocycles. The molecule has 2 aromatic rings. The first kappa shape index (κ1) is 21.6. The van der Waals surface area contributed by atoms with Gasteiger partial charge in [0.1, 0.15) is 11.9 Å². The molecule has 9 nitrogen and oxygen atoms in total. The van der Waals surface area contributed by atoms with Gasteiger partial charge in [-0.25, -0.2) is 4.98 Å². The molecule has 0 aromatic carbocycles. The maximum absolute atomic E-state index is 9.77. The highest BCUT2D eigenvalue weighted by Gasteiger charge is 2.52. The van der Waals surface area contributed by atoms with E-state index in [0.29, 0.717) is 36.3 Å². The van der Waals surface area contributed by atoms with Gasteiger partial charge in [0.2, 0.25) is 5.89 Å². The Morgan fingerprint density at radius 1 is 1.06 bits per heavy atom. The summed E-state index contributed by atoms with van der Waals surface area (Å²) in [5, 5.41) is 13.9. The molecule has 0 spiro atoms. The molecule has 0 N–H and O–H groups in total. The van der Waals surface area contributed by atoms with E-state index >= 15 is 0 Å². The molecule has 10 heteroatoms. The van der Waals surface area contributed by atoms with Gasteiger partial charge in [0.25, 0.3) is 5.95 Å². The third-order valence-corrected chi connectivity index (χ3v) is 6.32. The Labute approximate surface area is 183 Å². The van der Waals surface area contributed by atoms with Gasteiger partial charge in [0, 0.05) is 43.8 Å². The van der Waals surface area contributed by atoms with E-state index in [1.54, 1.807) is 6.20 Å². The zero-order valence-corrected chi connectivity index (χ0v) is 19.0. The molecule has 4 rings (SSSR count). The lowest BCUT2D eigenvalue weighted by Crippen LogP contribution is -2.47. The zero-order valence-electron chi connectivity index (χ0n) is 19.0. The molecular formula is C21H29BN6O3. The zero-order chi connectivity index (χ0) is 22.4. The van der Waals surface area contributed by atoms with Gasteiger partial charge in [-0.15, -0.1) is 0 Å². The first-order valence-electron chi connectivity index (χ1n) is 10.7. The second-order valence-electron chi connectivity index (χ2n) is 9.40. The van der Waals surface area contributed by atoms with Crippen LogP contribution in [-0.2, 0) is 9.31 Å². The minimum atomic E-state index is -0.538. The van der Waals surface area contributed by atoms with Crippen LogP contribution in [0.15, 0.2) is 16.8 Å². The van der Waals surface area contributed by atoms with Crippen LogP contribution in [0.3, 0.4) is 0 Å². The minimum Gasteiger partial charge on any atom is -0.399 e. The van der Waals surface area contributed by atoms with Crippen molar-refractivity contribution in [2.24, 2.45) is 0 Å². The Morgan fingerprint density at radius 2 is 1.68 bits per heavy atom. The number of aromatic nitrogens is 3. The van der Waals surface area contributed by atoms with Crippen LogP contribution in [0.25, 0.3) is 0 Å². The summed E-state index contributed by atoms with van der Waals surface area (Å²) in [4.78, 5) is 13.3. The molecule has 0 amide bonds. The molecule has 0 saturated carbocycles. The number of rotatable bonds is 4. The Kier molecular flexibility index (Phi) is 5.44. The fourth-order valence-electron chi connectivity index (χ4n) is 3.62. The number of hydrogen-bond acceptors (Lipinski definition) is 9. The Balaban J connectivity index is 1.46. The quantitative estimate of drug-likeness (QED) is 0.683. The van der Waals surface area contributed by atoms with E-state index in [4.69, 9.17) is 13.8 Å². The molecule has 0 atom stereocenters. The van der Waals surface area contributed by atoms with Crippen LogP contribution in [0.1, 0.15) is 58.9 Å². The molecule has 2 aliphatic heterocycles. The summed E-state index contributed by atoms with van der Waals surface area (Å²) in [6.45, 7) is 15.0. The smallest absolute Gasteiger partial charge is 0.399 e. The number of anilines is 2. The molecule has 0 bridgehead atoms. The Hall–Kier alpha value is -2.64. The molecule has 31 heavy (non-hydrogen) atoms. The van der Waals surface area contributed by atoms with Crippen molar-refractivity contribution >= 4 is 24.3 Å². The number of nitrogens with zero attached hydrogens (tertiary/aromatic N) is 6. The van der Waals surface area contributed by atoms with Gasteiger partial charge in [-0.1, -0.05) is 13.8 Å². The minimum absolute atomic E-state index is 0.201. The van der Waals surface area contributed by atoms with E-state index < -0.39 is 18.3 Å². The standard InChI is InChI=1S/C21H29BN6O3/c1-14(2)18-25-19(26-29-18)28-9-7-27(8-10-28)17-15(12-23)11-16(13-24-17)22-30-20(3,4)21(5,6)31-22/h11,13-14H,7-10H2,1-6H3. The van der Waals surface area contributed by atoms with Gasteiger partial charge in [-0.2, -0.15) is 10.2 Å². The van der Waals surface area contributed by atoms with Gasteiger partial charge in [0.05, 0.1) is 16.8 Å². The number of hydrogen-bond donors (Lipinski definition) is 0. The van der Waals surface area contributed by atoms with E-state index in [1.807, 2.05) is 47.6 Å². The average molecular weight is 424 g/mol. The molecule has 0 radical (unpaired) electrons. The second kappa shape index (κ2) is 7.81. The fraction of sp³-hybridized carbons (Fsp3) is 0.619. The van der Waals surface area contributed by atoms with Crippen LogP contribution in [0.2, 0.25) is 0 Å². The van der Waals surface area contributed by atoms with Crippen LogP contribution in [0.5, 0.6) is 0 Å². The summed E-state index contributed by atoms with van der Waals surface area (Å²) in [7, 11) is -0.538. The number of pyridine rings is 1. The van der Waals surface area contributed by atoms with Crippen molar-refractivity contribution in [3.63, 3.8) is 0 Å². The lowest BCUT2D eigenvalue weighted by molar-refractivity contribution is 0.00578. The molecule has 2 aliphatic rings. The van der Waals surface area contributed by atoms with Gasteiger partial charge < -0.3 is 23.6 Å². The van der Waals surface area contributed by atoms with Crippen molar-refractivity contribution in [2.75, 3.05) is 36.0 Å². The first-order valence-corrected chi connectivity index (χ1v) is 10.7. The molecule has 2 aromatic heterocycles. The lowest BCUT2D eigenvalue weighted by atomic mass is 9.79. The summed E-state index contributed by atoms with van der Waals surface area (Å²) in [6, 6.07) is 4.11. The van der Waals surface area contributed by atoms with E-state index in [0.717, 1.165) is 18.6 Å². The van der Waals surface area contributed by atoms with Crippen molar-refractivity contribution in [3.05, 3.63) is 23.7 Å². The number of nitriles is 1. The van der Waals surface area contributed by atoms with Crippen molar-refractivity contribution in [1.29, 1.82) is 5.26 Å². The largest absolute Gasteiger partial charge is 0.496 e. The Bertz CT molecular complexity index is 975.